The number of carbonyl (C=O) groups excluding carboxylic acids is 4. The van der Waals surface area contributed by atoms with Crippen LogP contribution < -0.4 is 5.32 Å². The molecule has 0 saturated carbocycles. The zero-order valence-corrected chi connectivity index (χ0v) is 15.6. The number of imide groups is 1. The van der Waals surface area contributed by atoms with Crippen molar-refractivity contribution in [2.75, 3.05) is 6.61 Å². The number of carbonyl (C=O) groups is 4. The number of hydrogen-bond donors (Lipinski definition) is 1. The monoisotopic (exact) mass is 380 g/mol. The third kappa shape index (κ3) is 4.09. The van der Waals surface area contributed by atoms with E-state index in [2.05, 4.69) is 5.32 Å². The van der Waals surface area contributed by atoms with E-state index >= 15 is 0 Å². The van der Waals surface area contributed by atoms with E-state index in [1.54, 1.807) is 48.5 Å². The Bertz CT molecular complexity index is 916. The molecule has 1 heterocycles. The maximum Gasteiger partial charge on any atom is 0.338 e. The minimum atomic E-state index is -0.650. The molecule has 144 valence electrons. The van der Waals surface area contributed by atoms with Crippen molar-refractivity contribution in [1.82, 2.24) is 10.2 Å². The van der Waals surface area contributed by atoms with Crippen LogP contribution in [0.4, 0.5) is 0 Å². The molecule has 1 N–H and O–H groups in total. The normalized spacial score (nSPS) is 12.9. The van der Waals surface area contributed by atoms with Crippen LogP contribution in [-0.2, 0) is 16.1 Å². The first-order valence-corrected chi connectivity index (χ1v) is 8.87. The first-order valence-electron chi connectivity index (χ1n) is 8.87. The van der Waals surface area contributed by atoms with Gasteiger partial charge in [-0.3, -0.25) is 19.3 Å². The first kappa shape index (κ1) is 19.3. The van der Waals surface area contributed by atoms with Crippen LogP contribution in [0.2, 0.25) is 0 Å². The van der Waals surface area contributed by atoms with E-state index in [-0.39, 0.29) is 42.5 Å². The fraction of sp³-hybridized carbons (Fsp3) is 0.238. The van der Waals surface area contributed by atoms with Crippen LogP contribution in [0.1, 0.15) is 50.5 Å². The smallest absolute Gasteiger partial charge is 0.338 e. The molecular weight excluding hydrogens is 360 g/mol. The van der Waals surface area contributed by atoms with Gasteiger partial charge in [-0.15, -0.1) is 0 Å². The topological polar surface area (TPSA) is 92.8 Å². The Morgan fingerprint density at radius 2 is 1.64 bits per heavy atom. The van der Waals surface area contributed by atoms with Crippen LogP contribution in [-0.4, -0.2) is 41.2 Å². The molecule has 0 bridgehead atoms. The van der Waals surface area contributed by atoms with Crippen LogP contribution in [0.25, 0.3) is 0 Å². The highest BCUT2D eigenvalue weighted by Crippen LogP contribution is 2.24. The number of rotatable bonds is 6. The summed E-state index contributed by atoms with van der Waals surface area (Å²) in [6.45, 7) is 3.28. The summed E-state index contributed by atoms with van der Waals surface area (Å²) in [4.78, 5) is 49.9. The molecule has 1 aliphatic rings. The number of ether oxygens (including phenoxy) is 1. The minimum Gasteiger partial charge on any atom is -0.452 e. The van der Waals surface area contributed by atoms with Gasteiger partial charge in [0.05, 0.1) is 23.2 Å². The number of fused-ring (bicyclic) bond motifs is 1. The minimum absolute atomic E-state index is 0.0430. The number of nitrogens with one attached hydrogen (secondary N) is 1. The lowest BCUT2D eigenvalue weighted by molar-refractivity contribution is -0.124. The van der Waals surface area contributed by atoms with Crippen molar-refractivity contribution in [2.24, 2.45) is 0 Å². The number of benzene rings is 2. The van der Waals surface area contributed by atoms with Gasteiger partial charge in [0.2, 0.25) is 0 Å². The molecule has 0 aromatic heterocycles. The third-order valence-corrected chi connectivity index (χ3v) is 4.17. The van der Waals surface area contributed by atoms with E-state index in [1.807, 2.05) is 13.8 Å². The molecule has 0 atom stereocenters. The highest BCUT2D eigenvalue weighted by atomic mass is 16.5. The number of amides is 3. The number of esters is 1. The molecule has 3 amide bonds. The fourth-order valence-electron chi connectivity index (χ4n) is 2.94. The zero-order valence-electron chi connectivity index (χ0n) is 15.6. The summed E-state index contributed by atoms with van der Waals surface area (Å²) in [7, 11) is 0. The second kappa shape index (κ2) is 8.04. The van der Waals surface area contributed by atoms with Crippen molar-refractivity contribution in [1.29, 1.82) is 0 Å². The van der Waals surface area contributed by atoms with Gasteiger partial charge in [-0.1, -0.05) is 24.3 Å². The molecule has 7 nitrogen and oxygen atoms in total. The summed E-state index contributed by atoms with van der Waals surface area (Å²) in [6, 6.07) is 13.1. The Morgan fingerprint density at radius 1 is 1.00 bits per heavy atom. The molecule has 2 aromatic carbocycles. The van der Waals surface area contributed by atoms with Crippen LogP contribution in [0.5, 0.6) is 0 Å². The van der Waals surface area contributed by atoms with Gasteiger partial charge in [-0.2, -0.15) is 0 Å². The molecule has 1 aliphatic heterocycles. The molecule has 0 aliphatic carbocycles. The van der Waals surface area contributed by atoms with Crippen LogP contribution in [0, 0.1) is 0 Å². The maximum absolute atomic E-state index is 12.5. The van der Waals surface area contributed by atoms with Gasteiger partial charge in [-0.05, 0) is 43.7 Å². The van der Waals surface area contributed by atoms with Crippen molar-refractivity contribution in [3.63, 3.8) is 0 Å². The second-order valence-electron chi connectivity index (χ2n) is 6.74. The summed E-state index contributed by atoms with van der Waals surface area (Å²) in [5.41, 5.74) is 1.60. The van der Waals surface area contributed by atoms with Crippen molar-refractivity contribution >= 4 is 23.7 Å². The molecule has 3 rings (SSSR count). The van der Waals surface area contributed by atoms with Gasteiger partial charge in [0.1, 0.15) is 0 Å². The Kier molecular flexibility index (Phi) is 5.54. The molecule has 28 heavy (non-hydrogen) atoms. The van der Waals surface area contributed by atoms with Gasteiger partial charge in [0.25, 0.3) is 17.7 Å². The first-order chi connectivity index (χ1) is 13.4. The molecular formula is C21H20N2O5. The molecule has 0 radical (unpaired) electrons. The number of nitrogens with zero attached hydrogens (tertiary/aromatic N) is 1. The van der Waals surface area contributed by atoms with Crippen LogP contribution in [0.15, 0.2) is 48.5 Å². The van der Waals surface area contributed by atoms with Gasteiger partial charge in [-0.25, -0.2) is 4.79 Å². The summed E-state index contributed by atoms with van der Waals surface area (Å²) >= 11 is 0. The van der Waals surface area contributed by atoms with E-state index in [0.29, 0.717) is 16.7 Å². The quantitative estimate of drug-likeness (QED) is 0.612. The Morgan fingerprint density at radius 3 is 2.25 bits per heavy atom. The predicted molar refractivity (Wildman–Crippen MR) is 101 cm³/mol. The van der Waals surface area contributed by atoms with Crippen molar-refractivity contribution < 1.29 is 23.9 Å². The Balaban J connectivity index is 1.67. The standard InChI is InChI=1S/C21H20N2O5/c1-13(2)22-18(24)12-28-21(27)15-7-5-6-14(10-15)11-23-19(25)16-8-3-4-9-17(16)20(23)26/h3-10,13H,11-12H2,1-2H3,(H,22,24). The lowest BCUT2D eigenvalue weighted by Crippen LogP contribution is -2.34. The maximum atomic E-state index is 12.5. The van der Waals surface area contributed by atoms with Gasteiger partial charge in [0.15, 0.2) is 6.61 Å². The lowest BCUT2D eigenvalue weighted by atomic mass is 10.1. The van der Waals surface area contributed by atoms with Gasteiger partial charge >= 0.3 is 5.97 Å². The average molecular weight is 380 g/mol. The molecule has 2 aromatic rings. The van der Waals surface area contributed by atoms with E-state index in [0.717, 1.165) is 4.90 Å². The molecule has 0 spiro atoms. The SMILES string of the molecule is CC(C)NC(=O)COC(=O)c1cccc(CN2C(=O)c3ccccc3C2=O)c1. The Hall–Kier alpha value is -3.48. The molecule has 0 unspecified atom stereocenters. The van der Waals surface area contributed by atoms with E-state index in [9.17, 15) is 19.2 Å². The van der Waals surface area contributed by atoms with Gasteiger partial charge in [0, 0.05) is 6.04 Å². The summed E-state index contributed by atoms with van der Waals surface area (Å²) in [5.74, 6) is -1.76. The average Bonchev–Trinajstić information content (AvgIpc) is 2.91. The van der Waals surface area contributed by atoms with Crippen LogP contribution >= 0.6 is 0 Å². The van der Waals surface area contributed by atoms with Crippen molar-refractivity contribution in [3.8, 4) is 0 Å². The van der Waals surface area contributed by atoms with E-state index in [4.69, 9.17) is 4.74 Å². The van der Waals surface area contributed by atoms with Gasteiger partial charge < -0.3 is 10.1 Å². The van der Waals surface area contributed by atoms with E-state index in [1.165, 1.54) is 0 Å². The van der Waals surface area contributed by atoms with Crippen molar-refractivity contribution in [3.05, 3.63) is 70.8 Å². The lowest BCUT2D eigenvalue weighted by Gasteiger charge is -2.14. The zero-order chi connectivity index (χ0) is 20.3. The molecule has 0 saturated heterocycles. The third-order valence-electron chi connectivity index (χ3n) is 4.17. The van der Waals surface area contributed by atoms with Crippen LogP contribution in [0.3, 0.4) is 0 Å². The number of hydrogen-bond acceptors (Lipinski definition) is 5. The van der Waals surface area contributed by atoms with Crippen molar-refractivity contribution in [2.45, 2.75) is 26.4 Å². The largest absolute Gasteiger partial charge is 0.452 e. The highest BCUT2D eigenvalue weighted by Gasteiger charge is 2.35. The predicted octanol–water partition coefficient (Wildman–Crippen LogP) is 2.16. The second-order valence-corrected chi connectivity index (χ2v) is 6.74. The Labute approximate surface area is 162 Å². The molecule has 7 heteroatoms. The molecule has 0 fully saturated rings. The summed E-state index contributed by atoms with van der Waals surface area (Å²) < 4.78 is 5.01. The summed E-state index contributed by atoms with van der Waals surface area (Å²) in [6.07, 6.45) is 0. The van der Waals surface area contributed by atoms with E-state index < -0.39 is 5.97 Å². The fourth-order valence-corrected chi connectivity index (χ4v) is 2.94. The highest BCUT2D eigenvalue weighted by molar-refractivity contribution is 6.21. The summed E-state index contributed by atoms with van der Waals surface area (Å²) in [5, 5.41) is 2.63.